The summed E-state index contributed by atoms with van der Waals surface area (Å²) in [6, 6.07) is 7.73. The zero-order valence-electron chi connectivity index (χ0n) is 12.5. The fraction of sp³-hybridized carbons (Fsp3) is 0.438. The van der Waals surface area contributed by atoms with Gasteiger partial charge in [-0.2, -0.15) is 0 Å². The number of carboxylic acids is 1. The molecule has 2 unspecified atom stereocenters. The lowest BCUT2D eigenvalue weighted by atomic mass is 9.93. The lowest BCUT2D eigenvalue weighted by Gasteiger charge is -2.36. The van der Waals surface area contributed by atoms with Crippen molar-refractivity contribution in [3.8, 4) is 0 Å². The van der Waals surface area contributed by atoms with Gasteiger partial charge in [-0.15, -0.1) is 0 Å². The van der Waals surface area contributed by atoms with E-state index < -0.39 is 11.9 Å². The number of likely N-dealkylation sites (tertiary alicyclic amines) is 1. The van der Waals surface area contributed by atoms with E-state index in [9.17, 15) is 9.59 Å². The van der Waals surface area contributed by atoms with E-state index in [0.717, 1.165) is 17.5 Å². The summed E-state index contributed by atoms with van der Waals surface area (Å²) < 4.78 is 1.81. The molecule has 1 N–H and O–H groups in total. The smallest absolute Gasteiger partial charge is 0.308 e. The highest BCUT2D eigenvalue weighted by Gasteiger charge is 2.32. The molecule has 1 amide bonds. The van der Waals surface area contributed by atoms with Crippen molar-refractivity contribution in [1.82, 2.24) is 14.5 Å². The molecule has 1 aliphatic heterocycles. The Bertz CT molecular complexity index is 709. The number of para-hydroxylation sites is 2. The number of aromatic nitrogens is 2. The lowest BCUT2D eigenvalue weighted by Crippen LogP contribution is -2.48. The number of carboxylic acid groups (broad SMARTS) is 1. The number of hydrogen-bond acceptors (Lipinski definition) is 3. The van der Waals surface area contributed by atoms with Gasteiger partial charge in [0, 0.05) is 12.6 Å². The Morgan fingerprint density at radius 1 is 1.32 bits per heavy atom. The summed E-state index contributed by atoms with van der Waals surface area (Å²) in [7, 11) is 0. The number of carbonyl (C=O) groups is 2. The van der Waals surface area contributed by atoms with Crippen LogP contribution in [0.1, 0.15) is 19.8 Å². The Kier molecular flexibility index (Phi) is 3.83. The van der Waals surface area contributed by atoms with Gasteiger partial charge in [0.15, 0.2) is 0 Å². The second-order valence-electron chi connectivity index (χ2n) is 5.87. The number of imidazole rings is 1. The van der Waals surface area contributed by atoms with Crippen LogP contribution in [0, 0.1) is 5.92 Å². The van der Waals surface area contributed by atoms with Crippen molar-refractivity contribution in [3.05, 3.63) is 30.6 Å². The largest absolute Gasteiger partial charge is 0.481 e. The SMILES string of the molecule is CC1CCC(C(=O)O)CN1C(=O)Cn1cnc2ccccc21. The Hall–Kier alpha value is -2.37. The van der Waals surface area contributed by atoms with Crippen molar-refractivity contribution in [2.24, 2.45) is 5.92 Å². The van der Waals surface area contributed by atoms with Gasteiger partial charge in [0.05, 0.1) is 23.3 Å². The zero-order chi connectivity index (χ0) is 15.7. The summed E-state index contributed by atoms with van der Waals surface area (Å²) in [6.07, 6.45) is 3.02. The van der Waals surface area contributed by atoms with Crippen LogP contribution < -0.4 is 0 Å². The minimum Gasteiger partial charge on any atom is -0.481 e. The highest BCUT2D eigenvalue weighted by Crippen LogP contribution is 2.23. The van der Waals surface area contributed by atoms with Gasteiger partial charge < -0.3 is 14.6 Å². The highest BCUT2D eigenvalue weighted by molar-refractivity contribution is 5.81. The molecule has 0 aliphatic carbocycles. The van der Waals surface area contributed by atoms with Crippen LogP contribution in [-0.2, 0) is 16.1 Å². The number of piperidine rings is 1. The van der Waals surface area contributed by atoms with Gasteiger partial charge in [-0.05, 0) is 31.9 Å². The van der Waals surface area contributed by atoms with E-state index in [1.165, 1.54) is 0 Å². The van der Waals surface area contributed by atoms with E-state index in [-0.39, 0.29) is 18.5 Å². The number of carbonyl (C=O) groups excluding carboxylic acids is 1. The summed E-state index contributed by atoms with van der Waals surface area (Å²) >= 11 is 0. The van der Waals surface area contributed by atoms with Crippen molar-refractivity contribution in [3.63, 3.8) is 0 Å². The molecule has 0 bridgehead atoms. The van der Waals surface area contributed by atoms with Crippen molar-refractivity contribution in [2.45, 2.75) is 32.4 Å². The quantitative estimate of drug-likeness (QED) is 0.937. The maximum Gasteiger partial charge on any atom is 0.308 e. The van der Waals surface area contributed by atoms with E-state index in [4.69, 9.17) is 5.11 Å². The fourth-order valence-corrected chi connectivity index (χ4v) is 3.03. The third-order valence-electron chi connectivity index (χ3n) is 4.38. The number of hydrogen-bond donors (Lipinski definition) is 1. The second kappa shape index (κ2) is 5.79. The molecule has 116 valence electrons. The topological polar surface area (TPSA) is 75.4 Å². The lowest BCUT2D eigenvalue weighted by molar-refractivity contribution is -0.147. The first-order chi connectivity index (χ1) is 10.6. The van der Waals surface area contributed by atoms with Gasteiger partial charge in [-0.25, -0.2) is 4.98 Å². The van der Waals surface area contributed by atoms with E-state index in [0.29, 0.717) is 13.0 Å². The number of amides is 1. The standard InChI is InChI=1S/C16H19N3O3/c1-11-6-7-12(16(21)22)8-19(11)15(20)9-18-10-17-13-4-2-3-5-14(13)18/h2-5,10-12H,6-9H2,1H3,(H,21,22). The van der Waals surface area contributed by atoms with Crippen molar-refractivity contribution >= 4 is 22.9 Å². The van der Waals surface area contributed by atoms with Crippen LogP contribution in [0.5, 0.6) is 0 Å². The Morgan fingerprint density at radius 2 is 2.09 bits per heavy atom. The zero-order valence-corrected chi connectivity index (χ0v) is 12.5. The highest BCUT2D eigenvalue weighted by atomic mass is 16.4. The molecule has 2 atom stereocenters. The first-order valence-corrected chi connectivity index (χ1v) is 7.48. The molecule has 2 heterocycles. The second-order valence-corrected chi connectivity index (χ2v) is 5.87. The van der Waals surface area contributed by atoms with Crippen molar-refractivity contribution in [1.29, 1.82) is 0 Å². The number of aliphatic carboxylic acids is 1. The third-order valence-corrected chi connectivity index (χ3v) is 4.38. The Morgan fingerprint density at radius 3 is 2.86 bits per heavy atom. The molecule has 6 nitrogen and oxygen atoms in total. The van der Waals surface area contributed by atoms with Gasteiger partial charge in [-0.3, -0.25) is 9.59 Å². The maximum absolute atomic E-state index is 12.6. The first-order valence-electron chi connectivity index (χ1n) is 7.48. The van der Waals surface area contributed by atoms with Crippen LogP contribution in [0.4, 0.5) is 0 Å². The average Bonchev–Trinajstić information content (AvgIpc) is 2.90. The summed E-state index contributed by atoms with van der Waals surface area (Å²) in [5.41, 5.74) is 1.76. The summed E-state index contributed by atoms with van der Waals surface area (Å²) in [5.74, 6) is -1.33. The molecule has 0 spiro atoms. The number of rotatable bonds is 3. The monoisotopic (exact) mass is 301 g/mol. The van der Waals surface area contributed by atoms with Crippen LogP contribution in [0.15, 0.2) is 30.6 Å². The molecule has 1 aliphatic rings. The molecule has 6 heteroatoms. The van der Waals surface area contributed by atoms with Crippen LogP contribution in [0.3, 0.4) is 0 Å². The molecular formula is C16H19N3O3. The number of fused-ring (bicyclic) bond motifs is 1. The molecule has 1 aromatic carbocycles. The molecule has 0 radical (unpaired) electrons. The van der Waals surface area contributed by atoms with Crippen molar-refractivity contribution in [2.75, 3.05) is 6.54 Å². The molecule has 22 heavy (non-hydrogen) atoms. The van der Waals surface area contributed by atoms with Crippen molar-refractivity contribution < 1.29 is 14.7 Å². The van der Waals surface area contributed by atoms with E-state index >= 15 is 0 Å². The summed E-state index contributed by atoms with van der Waals surface area (Å²) in [5, 5.41) is 9.17. The Labute approximate surface area is 128 Å². The fourth-order valence-electron chi connectivity index (χ4n) is 3.03. The van der Waals surface area contributed by atoms with E-state index in [1.807, 2.05) is 35.8 Å². The summed E-state index contributed by atoms with van der Waals surface area (Å²) in [6.45, 7) is 2.46. The molecule has 1 saturated heterocycles. The van der Waals surface area contributed by atoms with Crippen LogP contribution >= 0.6 is 0 Å². The molecular weight excluding hydrogens is 282 g/mol. The van der Waals surface area contributed by atoms with Crippen LogP contribution in [0.25, 0.3) is 11.0 Å². The first kappa shape index (κ1) is 14.6. The number of nitrogens with zero attached hydrogens (tertiary/aromatic N) is 3. The van der Waals surface area contributed by atoms with Gasteiger partial charge in [0.1, 0.15) is 6.54 Å². The molecule has 0 saturated carbocycles. The molecule has 2 aromatic rings. The molecule has 1 fully saturated rings. The molecule has 1 aromatic heterocycles. The van der Waals surface area contributed by atoms with Gasteiger partial charge >= 0.3 is 5.97 Å². The van der Waals surface area contributed by atoms with Gasteiger partial charge in [-0.1, -0.05) is 12.1 Å². The predicted octanol–water partition coefficient (Wildman–Crippen LogP) is 1.75. The minimum absolute atomic E-state index is 0.0541. The van der Waals surface area contributed by atoms with Crippen LogP contribution in [-0.4, -0.2) is 44.0 Å². The van der Waals surface area contributed by atoms with Crippen LogP contribution in [0.2, 0.25) is 0 Å². The predicted molar refractivity (Wildman–Crippen MR) is 81.3 cm³/mol. The molecule has 3 rings (SSSR count). The average molecular weight is 301 g/mol. The van der Waals surface area contributed by atoms with E-state index in [2.05, 4.69) is 4.98 Å². The maximum atomic E-state index is 12.6. The third kappa shape index (κ3) is 2.68. The van der Waals surface area contributed by atoms with E-state index in [1.54, 1.807) is 11.2 Å². The minimum atomic E-state index is -0.821. The number of benzene rings is 1. The Balaban J connectivity index is 1.77. The summed E-state index contributed by atoms with van der Waals surface area (Å²) in [4.78, 5) is 29.7. The van der Waals surface area contributed by atoms with Gasteiger partial charge in [0.2, 0.25) is 5.91 Å². The van der Waals surface area contributed by atoms with Gasteiger partial charge in [0.25, 0.3) is 0 Å². The normalized spacial score (nSPS) is 22.0.